The minimum atomic E-state index is -1.30. The molecular formula is C28H44P2Si+2. The molecule has 0 unspecified atom stereocenters. The van der Waals surface area contributed by atoms with Crippen LogP contribution >= 0.6 is 14.5 Å². The van der Waals surface area contributed by atoms with E-state index in [0.29, 0.717) is 0 Å². The Bertz CT molecular complexity index is 855. The Morgan fingerprint density at radius 3 is 1.39 bits per heavy atom. The lowest BCUT2D eigenvalue weighted by atomic mass is 9.76. The van der Waals surface area contributed by atoms with Crippen molar-refractivity contribution in [1.29, 1.82) is 0 Å². The van der Waals surface area contributed by atoms with Gasteiger partial charge in [0, 0.05) is 0 Å². The number of rotatable bonds is 3. The maximum atomic E-state index is 2.83. The van der Waals surface area contributed by atoms with Gasteiger partial charge in [0.05, 0.1) is 59.6 Å². The highest BCUT2D eigenvalue weighted by atomic mass is 31.2. The summed E-state index contributed by atoms with van der Waals surface area (Å²) in [6.45, 7) is 10.5. The summed E-state index contributed by atoms with van der Waals surface area (Å²) in [5.74, 6) is 6.66. The van der Waals surface area contributed by atoms with Gasteiger partial charge in [-0.3, -0.25) is 0 Å². The highest BCUT2D eigenvalue weighted by molar-refractivity contribution is 7.89. The number of hydrogen-bond acceptors (Lipinski definition) is 0. The SMILES string of the molecule is Cc1c([Si](C)(C)C)ccc([P+]23CC4CC(CC(C4)C2)C3)c1[P+]12CC3CC(CC(C3)C1)C2. The van der Waals surface area contributed by atoms with E-state index >= 15 is 0 Å². The van der Waals surface area contributed by atoms with Gasteiger partial charge in [0.25, 0.3) is 0 Å². The van der Waals surface area contributed by atoms with Crippen LogP contribution in [-0.4, -0.2) is 45.0 Å². The van der Waals surface area contributed by atoms with Gasteiger partial charge in [-0.15, -0.1) is 0 Å². The van der Waals surface area contributed by atoms with Crippen LogP contribution in [0.3, 0.4) is 0 Å². The van der Waals surface area contributed by atoms with Gasteiger partial charge in [0.15, 0.2) is 0 Å². The summed E-state index contributed by atoms with van der Waals surface area (Å²) in [6, 6.07) is 5.53. The molecule has 0 spiro atoms. The molecule has 2 aliphatic carbocycles. The smallest absolute Gasteiger partial charge is 0.0656 e. The molecule has 0 atom stereocenters. The number of benzene rings is 1. The van der Waals surface area contributed by atoms with E-state index in [1.54, 1.807) is 75.5 Å². The Hall–Kier alpha value is 0.297. The van der Waals surface area contributed by atoms with Crippen molar-refractivity contribution < 1.29 is 0 Å². The van der Waals surface area contributed by atoms with Crippen LogP contribution in [0.2, 0.25) is 19.6 Å². The normalized spacial score (nSPS) is 47.4. The van der Waals surface area contributed by atoms with Crippen LogP contribution < -0.4 is 15.8 Å². The van der Waals surface area contributed by atoms with Crippen molar-refractivity contribution in [3.8, 4) is 0 Å². The van der Waals surface area contributed by atoms with Gasteiger partial charge in [0.2, 0.25) is 0 Å². The van der Waals surface area contributed by atoms with Gasteiger partial charge in [-0.05, 0) is 92.6 Å². The van der Waals surface area contributed by atoms with E-state index in [-0.39, 0.29) is 0 Å². The minimum absolute atomic E-state index is 0.916. The van der Waals surface area contributed by atoms with Gasteiger partial charge in [0.1, 0.15) is 10.6 Å². The molecule has 0 amide bonds. The second-order valence-electron chi connectivity index (χ2n) is 14.4. The Morgan fingerprint density at radius 1 is 0.613 bits per heavy atom. The van der Waals surface area contributed by atoms with Crippen molar-refractivity contribution in [2.24, 2.45) is 35.5 Å². The molecule has 6 aliphatic heterocycles. The van der Waals surface area contributed by atoms with Crippen LogP contribution in [0.5, 0.6) is 0 Å². The van der Waals surface area contributed by atoms with Gasteiger partial charge in [-0.25, -0.2) is 0 Å². The third-order valence-electron chi connectivity index (χ3n) is 10.8. The topological polar surface area (TPSA) is 0 Å². The quantitative estimate of drug-likeness (QED) is 0.379. The van der Waals surface area contributed by atoms with Gasteiger partial charge < -0.3 is 0 Å². The van der Waals surface area contributed by atoms with Gasteiger partial charge in [-0.1, -0.05) is 30.9 Å². The zero-order chi connectivity index (χ0) is 21.2. The lowest BCUT2D eigenvalue weighted by molar-refractivity contribution is 0.209. The molecule has 6 heterocycles. The fraction of sp³-hybridized carbons (Fsp3) is 0.786. The van der Waals surface area contributed by atoms with Crippen molar-refractivity contribution in [3.05, 3.63) is 17.7 Å². The third-order valence-corrected chi connectivity index (χ3v) is 23.4. The molecule has 0 radical (unpaired) electrons. The second-order valence-corrected chi connectivity index (χ2v) is 27.1. The summed E-state index contributed by atoms with van der Waals surface area (Å²) in [5.41, 5.74) is 1.86. The molecule has 2 saturated carbocycles. The van der Waals surface area contributed by atoms with Crippen molar-refractivity contribution in [2.45, 2.75) is 65.1 Å². The molecule has 8 aliphatic rings. The summed E-state index contributed by atoms with van der Waals surface area (Å²) in [4.78, 5) is 0. The average molecular weight is 471 g/mol. The maximum Gasteiger partial charge on any atom is 0.138 e. The standard InChI is InChI=1S/C28H44P2Si/c1-19-27(31(2,3)4)6-5-26(29-13-20-7-21(14-29)9-22(8-20)15-29)28(19)30-16-23-10-24(17-30)12-25(11-23)18-30/h5-6,20-25H,7-18H2,1-4H3/q+2. The predicted octanol–water partition coefficient (Wildman–Crippen LogP) is 5.95. The maximum absolute atomic E-state index is 2.83. The first-order valence-corrected chi connectivity index (χ1v) is 21.8. The van der Waals surface area contributed by atoms with E-state index in [2.05, 4.69) is 49.3 Å². The first-order valence-electron chi connectivity index (χ1n) is 13.6. The summed E-state index contributed by atoms with van der Waals surface area (Å²) in [6.07, 6.45) is 19.6. The molecule has 3 heteroatoms. The summed E-state index contributed by atoms with van der Waals surface area (Å²) >= 11 is 0. The van der Waals surface area contributed by atoms with E-state index in [0.717, 1.165) is 35.5 Å². The highest BCUT2D eigenvalue weighted by Gasteiger charge is 2.64. The molecule has 9 rings (SSSR count). The second kappa shape index (κ2) is 6.70. The largest absolute Gasteiger partial charge is 0.138 e. The van der Waals surface area contributed by atoms with Crippen molar-refractivity contribution in [1.82, 2.24) is 0 Å². The van der Waals surface area contributed by atoms with Crippen LogP contribution in [0.4, 0.5) is 0 Å². The van der Waals surface area contributed by atoms with Crippen LogP contribution in [0.25, 0.3) is 0 Å². The first kappa shape index (κ1) is 20.7. The Morgan fingerprint density at radius 2 is 1.00 bits per heavy atom. The Labute approximate surface area is 193 Å². The monoisotopic (exact) mass is 470 g/mol. The van der Waals surface area contributed by atoms with Gasteiger partial charge >= 0.3 is 0 Å². The van der Waals surface area contributed by atoms with E-state index in [9.17, 15) is 0 Å². The summed E-state index contributed by atoms with van der Waals surface area (Å²) < 4.78 is 0. The summed E-state index contributed by atoms with van der Waals surface area (Å²) in [5, 5.41) is 6.03. The van der Waals surface area contributed by atoms with E-state index in [4.69, 9.17) is 0 Å². The molecule has 0 N–H and O–H groups in total. The van der Waals surface area contributed by atoms with Crippen LogP contribution in [0, 0.1) is 42.4 Å². The highest BCUT2D eigenvalue weighted by Crippen LogP contribution is 2.76. The van der Waals surface area contributed by atoms with Crippen LogP contribution in [-0.2, 0) is 0 Å². The van der Waals surface area contributed by atoms with Crippen LogP contribution in [0.15, 0.2) is 12.1 Å². The molecule has 168 valence electrons. The van der Waals surface area contributed by atoms with Crippen molar-refractivity contribution >= 4 is 38.4 Å². The molecule has 8 fully saturated rings. The molecule has 1 aromatic rings. The third kappa shape index (κ3) is 3.04. The lowest BCUT2D eigenvalue weighted by Gasteiger charge is -2.55. The van der Waals surface area contributed by atoms with Gasteiger partial charge in [-0.2, -0.15) is 0 Å². The van der Waals surface area contributed by atoms with E-state index in [1.807, 2.05) is 10.8 Å². The van der Waals surface area contributed by atoms with E-state index < -0.39 is 22.6 Å². The zero-order valence-corrected chi connectivity index (χ0v) is 23.3. The zero-order valence-electron chi connectivity index (χ0n) is 20.5. The average Bonchev–Trinajstić information content (AvgIpc) is 2.64. The van der Waals surface area contributed by atoms with Crippen molar-refractivity contribution in [3.63, 3.8) is 0 Å². The minimum Gasteiger partial charge on any atom is -0.0656 e. The molecule has 6 saturated heterocycles. The molecule has 8 bridgehead atoms. The fourth-order valence-electron chi connectivity index (χ4n) is 10.8. The van der Waals surface area contributed by atoms with E-state index in [1.165, 1.54) is 0 Å². The molecule has 0 nitrogen and oxygen atoms in total. The molecule has 0 aromatic heterocycles. The first-order chi connectivity index (χ1) is 14.7. The Balaban J connectivity index is 1.43. The molecule has 31 heavy (non-hydrogen) atoms. The molecular weight excluding hydrogens is 426 g/mol. The van der Waals surface area contributed by atoms with Crippen LogP contribution in [0.1, 0.15) is 44.1 Å². The van der Waals surface area contributed by atoms with Crippen molar-refractivity contribution in [2.75, 3.05) is 37.0 Å². The lowest BCUT2D eigenvalue weighted by Crippen LogP contribution is -2.55. The Kier molecular flexibility index (Phi) is 4.46. The fourth-order valence-corrected chi connectivity index (χ4v) is 26.1. The molecule has 1 aromatic carbocycles. The number of hydrogen-bond donors (Lipinski definition) is 0. The summed E-state index contributed by atoms with van der Waals surface area (Å²) in [7, 11) is -3.16. The predicted molar refractivity (Wildman–Crippen MR) is 145 cm³/mol.